The van der Waals surface area contributed by atoms with Gasteiger partial charge in [0.05, 0.1) is 13.5 Å². The van der Waals surface area contributed by atoms with E-state index < -0.39 is 5.97 Å². The normalized spacial score (nSPS) is 11.7. The highest BCUT2D eigenvalue weighted by Crippen LogP contribution is 2.16. The molecule has 0 saturated heterocycles. The van der Waals surface area contributed by atoms with Crippen LogP contribution in [0.5, 0.6) is 5.75 Å². The first-order valence-electron chi connectivity index (χ1n) is 6.92. The summed E-state index contributed by atoms with van der Waals surface area (Å²) in [4.78, 5) is 12.9. The van der Waals surface area contributed by atoms with Gasteiger partial charge >= 0.3 is 5.97 Å². The third-order valence-corrected chi connectivity index (χ3v) is 3.37. The van der Waals surface area contributed by atoms with Gasteiger partial charge in [-0.2, -0.15) is 0 Å². The topological polar surface area (TPSA) is 49.8 Å². The number of carbonyl (C=O) groups is 1. The van der Waals surface area contributed by atoms with Crippen molar-refractivity contribution in [2.45, 2.75) is 39.2 Å². The molecule has 0 aromatic heterocycles. The number of carboxylic acids is 1. The Morgan fingerprint density at radius 3 is 2.25 bits per heavy atom. The van der Waals surface area contributed by atoms with Crippen LogP contribution in [0.25, 0.3) is 0 Å². The van der Waals surface area contributed by atoms with Crippen molar-refractivity contribution in [1.82, 2.24) is 4.90 Å². The lowest BCUT2D eigenvalue weighted by atomic mass is 10.0. The van der Waals surface area contributed by atoms with Gasteiger partial charge in [-0.15, -0.1) is 0 Å². The number of methoxy groups -OCH3 is 1. The SMILES string of the molecule is COc1ccc(CCN(CCC(=O)O)C(C)(C)C)cc1. The fraction of sp³-hybridized carbons (Fsp3) is 0.562. The smallest absolute Gasteiger partial charge is 0.304 e. The van der Waals surface area contributed by atoms with E-state index in [2.05, 4.69) is 37.8 Å². The number of carboxylic acid groups (broad SMARTS) is 1. The summed E-state index contributed by atoms with van der Waals surface area (Å²) < 4.78 is 5.14. The van der Waals surface area contributed by atoms with E-state index in [1.54, 1.807) is 7.11 Å². The molecule has 0 spiro atoms. The minimum atomic E-state index is -0.747. The van der Waals surface area contributed by atoms with Gasteiger partial charge in [0.25, 0.3) is 0 Å². The Bertz CT molecular complexity index is 420. The minimum absolute atomic E-state index is 0.0259. The molecule has 0 bridgehead atoms. The Hall–Kier alpha value is -1.55. The number of rotatable bonds is 7. The molecule has 0 saturated carbocycles. The van der Waals surface area contributed by atoms with E-state index in [4.69, 9.17) is 9.84 Å². The van der Waals surface area contributed by atoms with Crippen molar-refractivity contribution in [3.63, 3.8) is 0 Å². The summed E-state index contributed by atoms with van der Waals surface area (Å²) in [7, 11) is 1.66. The van der Waals surface area contributed by atoms with Gasteiger partial charge in [-0.3, -0.25) is 9.69 Å². The maximum atomic E-state index is 10.7. The Morgan fingerprint density at radius 1 is 1.20 bits per heavy atom. The van der Waals surface area contributed by atoms with Gasteiger partial charge in [0, 0.05) is 18.6 Å². The molecule has 112 valence electrons. The Kier molecular flexibility index (Phi) is 6.02. The molecule has 0 radical (unpaired) electrons. The van der Waals surface area contributed by atoms with E-state index in [1.165, 1.54) is 5.56 Å². The van der Waals surface area contributed by atoms with Crippen LogP contribution >= 0.6 is 0 Å². The van der Waals surface area contributed by atoms with Gasteiger partial charge in [0.2, 0.25) is 0 Å². The molecular weight excluding hydrogens is 254 g/mol. The van der Waals surface area contributed by atoms with Crippen LogP contribution in [0.3, 0.4) is 0 Å². The second kappa shape index (κ2) is 7.29. The highest BCUT2D eigenvalue weighted by atomic mass is 16.5. The molecule has 1 N–H and O–H groups in total. The van der Waals surface area contributed by atoms with Crippen LogP contribution in [0, 0.1) is 0 Å². The van der Waals surface area contributed by atoms with Gasteiger partial charge in [-0.1, -0.05) is 12.1 Å². The van der Waals surface area contributed by atoms with Gasteiger partial charge < -0.3 is 9.84 Å². The molecule has 0 atom stereocenters. The number of nitrogens with zero attached hydrogens (tertiary/aromatic N) is 1. The van der Waals surface area contributed by atoms with Crippen LogP contribution in [0.2, 0.25) is 0 Å². The third kappa shape index (κ3) is 5.61. The number of ether oxygens (including phenoxy) is 1. The number of hydrogen-bond acceptors (Lipinski definition) is 3. The second-order valence-electron chi connectivity index (χ2n) is 5.90. The summed E-state index contributed by atoms with van der Waals surface area (Å²) >= 11 is 0. The summed E-state index contributed by atoms with van der Waals surface area (Å²) in [6, 6.07) is 8.01. The number of hydrogen-bond donors (Lipinski definition) is 1. The molecule has 0 aliphatic rings. The lowest BCUT2D eigenvalue weighted by Gasteiger charge is -2.35. The van der Waals surface area contributed by atoms with Crippen molar-refractivity contribution in [3.05, 3.63) is 29.8 Å². The molecule has 0 heterocycles. The lowest BCUT2D eigenvalue weighted by molar-refractivity contribution is -0.137. The first-order valence-corrected chi connectivity index (χ1v) is 6.92. The van der Waals surface area contributed by atoms with Gasteiger partial charge in [-0.05, 0) is 44.9 Å². The van der Waals surface area contributed by atoms with Crippen LogP contribution in [-0.4, -0.2) is 41.7 Å². The predicted octanol–water partition coefficient (Wildman–Crippen LogP) is 2.81. The highest BCUT2D eigenvalue weighted by molar-refractivity contribution is 5.66. The van der Waals surface area contributed by atoms with Crippen LogP contribution < -0.4 is 4.74 Å². The van der Waals surface area contributed by atoms with E-state index in [-0.39, 0.29) is 12.0 Å². The summed E-state index contributed by atoms with van der Waals surface area (Å²) in [6.07, 6.45) is 1.08. The van der Waals surface area contributed by atoms with E-state index >= 15 is 0 Å². The summed E-state index contributed by atoms with van der Waals surface area (Å²) in [5.74, 6) is 0.107. The maximum Gasteiger partial charge on any atom is 0.304 e. The lowest BCUT2D eigenvalue weighted by Crippen LogP contribution is -2.43. The van der Waals surface area contributed by atoms with Crippen molar-refractivity contribution in [1.29, 1.82) is 0 Å². The van der Waals surface area contributed by atoms with Crippen molar-refractivity contribution < 1.29 is 14.6 Å². The van der Waals surface area contributed by atoms with Crippen LogP contribution in [-0.2, 0) is 11.2 Å². The maximum absolute atomic E-state index is 10.7. The fourth-order valence-corrected chi connectivity index (χ4v) is 2.07. The van der Waals surface area contributed by atoms with Crippen LogP contribution in [0.4, 0.5) is 0 Å². The standard InChI is InChI=1S/C16H25NO3/c1-16(2,3)17(12-10-15(18)19)11-9-13-5-7-14(20-4)8-6-13/h5-8H,9-12H2,1-4H3,(H,18,19). The monoisotopic (exact) mass is 279 g/mol. The van der Waals surface area contributed by atoms with Crippen LogP contribution in [0.15, 0.2) is 24.3 Å². The Morgan fingerprint density at radius 2 is 1.80 bits per heavy atom. The Balaban J connectivity index is 2.58. The fourth-order valence-electron chi connectivity index (χ4n) is 2.07. The summed E-state index contributed by atoms with van der Waals surface area (Å²) in [6.45, 7) is 7.77. The minimum Gasteiger partial charge on any atom is -0.497 e. The van der Waals surface area contributed by atoms with Gasteiger partial charge in [-0.25, -0.2) is 0 Å². The third-order valence-electron chi connectivity index (χ3n) is 3.37. The average molecular weight is 279 g/mol. The van der Waals surface area contributed by atoms with E-state index in [9.17, 15) is 4.79 Å². The molecule has 1 aromatic rings. The van der Waals surface area contributed by atoms with Crippen molar-refractivity contribution in [2.75, 3.05) is 20.2 Å². The van der Waals surface area contributed by atoms with E-state index in [0.717, 1.165) is 18.7 Å². The van der Waals surface area contributed by atoms with Crippen molar-refractivity contribution in [3.8, 4) is 5.75 Å². The quantitative estimate of drug-likeness (QED) is 0.834. The average Bonchev–Trinajstić information content (AvgIpc) is 2.37. The van der Waals surface area contributed by atoms with Crippen molar-refractivity contribution in [2.24, 2.45) is 0 Å². The molecule has 0 aliphatic carbocycles. The van der Waals surface area contributed by atoms with E-state index in [0.29, 0.717) is 6.54 Å². The molecule has 0 aliphatic heterocycles. The largest absolute Gasteiger partial charge is 0.497 e. The molecule has 0 amide bonds. The molecule has 1 rings (SSSR count). The van der Waals surface area contributed by atoms with Gasteiger partial charge in [0.1, 0.15) is 5.75 Å². The molecule has 20 heavy (non-hydrogen) atoms. The van der Waals surface area contributed by atoms with E-state index in [1.807, 2.05) is 12.1 Å². The zero-order valence-corrected chi connectivity index (χ0v) is 12.8. The molecule has 1 aromatic carbocycles. The molecular formula is C16H25NO3. The molecule has 0 fully saturated rings. The first-order chi connectivity index (χ1) is 9.32. The second-order valence-corrected chi connectivity index (χ2v) is 5.90. The summed E-state index contributed by atoms with van der Waals surface area (Å²) in [5.41, 5.74) is 1.21. The predicted molar refractivity (Wildman–Crippen MR) is 80.3 cm³/mol. The zero-order chi connectivity index (χ0) is 15.2. The number of benzene rings is 1. The molecule has 4 nitrogen and oxygen atoms in total. The number of aliphatic carboxylic acids is 1. The zero-order valence-electron chi connectivity index (χ0n) is 12.8. The first kappa shape index (κ1) is 16.5. The summed E-state index contributed by atoms with van der Waals surface area (Å²) in [5, 5.41) is 8.83. The highest BCUT2D eigenvalue weighted by Gasteiger charge is 2.21. The van der Waals surface area contributed by atoms with Gasteiger partial charge in [0.15, 0.2) is 0 Å². The molecule has 0 unspecified atom stereocenters. The Labute approximate surface area is 121 Å². The molecule has 4 heteroatoms. The van der Waals surface area contributed by atoms with Crippen molar-refractivity contribution >= 4 is 5.97 Å². The van der Waals surface area contributed by atoms with Crippen LogP contribution in [0.1, 0.15) is 32.8 Å².